The molecule has 2 N–H and O–H groups in total. The van der Waals surface area contributed by atoms with Crippen LogP contribution in [0, 0.1) is 0 Å². The summed E-state index contributed by atoms with van der Waals surface area (Å²) in [5.74, 6) is -0.814. The molecular formula is C25H19F3N2O3. The molecule has 2 heterocycles. The van der Waals surface area contributed by atoms with Crippen molar-refractivity contribution in [2.75, 3.05) is 0 Å². The van der Waals surface area contributed by atoms with Gasteiger partial charge in [-0.1, -0.05) is 42.5 Å². The molecule has 1 saturated carbocycles. The molecule has 1 aliphatic rings. The molecule has 0 radical (unpaired) electrons. The van der Waals surface area contributed by atoms with Gasteiger partial charge in [0.05, 0.1) is 22.5 Å². The molecule has 33 heavy (non-hydrogen) atoms. The SMILES string of the molecule is O=C(O)c1ccccc1-c1ccc([C@@H](O)c2cc(C(F)(F)F)cc3nc(C4CC4)cn23)cc1. The minimum Gasteiger partial charge on any atom is -0.478 e. The summed E-state index contributed by atoms with van der Waals surface area (Å²) >= 11 is 0. The number of aliphatic hydroxyl groups excluding tert-OH is 1. The normalized spacial score (nSPS) is 15.0. The standard InChI is InChI=1S/C25H19F3N2O3/c26-25(27,28)17-11-21(30-13-20(15-7-8-15)29-22(30)12-17)23(31)16-9-5-14(6-10-16)18-3-1-2-4-19(18)24(32)33/h1-6,9-13,15,23,31H,7-8H2,(H,32,33)/t23-/m1/s1. The molecule has 1 fully saturated rings. The number of imidazole rings is 1. The first-order valence-corrected chi connectivity index (χ1v) is 10.4. The molecule has 4 aromatic rings. The van der Waals surface area contributed by atoms with Crippen molar-refractivity contribution >= 4 is 11.6 Å². The Morgan fingerprint density at radius 2 is 1.76 bits per heavy atom. The van der Waals surface area contributed by atoms with Crippen LogP contribution in [0.15, 0.2) is 66.9 Å². The number of carboxylic acid groups (broad SMARTS) is 1. The molecule has 2 aromatic heterocycles. The van der Waals surface area contributed by atoms with Crippen molar-refractivity contribution < 1.29 is 28.2 Å². The summed E-state index contributed by atoms with van der Waals surface area (Å²) < 4.78 is 42.1. The van der Waals surface area contributed by atoms with Crippen LogP contribution in [0.3, 0.4) is 0 Å². The number of halogens is 3. The lowest BCUT2D eigenvalue weighted by atomic mass is 9.96. The number of pyridine rings is 1. The number of alkyl halides is 3. The van der Waals surface area contributed by atoms with E-state index in [1.165, 1.54) is 10.5 Å². The average molecular weight is 452 g/mol. The highest BCUT2D eigenvalue weighted by Gasteiger charge is 2.34. The minimum absolute atomic E-state index is 0.0675. The first-order valence-electron chi connectivity index (χ1n) is 10.4. The smallest absolute Gasteiger partial charge is 0.416 e. The van der Waals surface area contributed by atoms with E-state index in [2.05, 4.69) is 4.98 Å². The van der Waals surface area contributed by atoms with Crippen molar-refractivity contribution in [1.82, 2.24) is 9.38 Å². The fourth-order valence-electron chi connectivity index (χ4n) is 4.02. The van der Waals surface area contributed by atoms with Crippen molar-refractivity contribution in [1.29, 1.82) is 0 Å². The van der Waals surface area contributed by atoms with Gasteiger partial charge in [-0.2, -0.15) is 13.2 Å². The summed E-state index contributed by atoms with van der Waals surface area (Å²) in [4.78, 5) is 15.9. The molecule has 8 heteroatoms. The number of carboxylic acids is 1. The Morgan fingerprint density at radius 3 is 2.39 bits per heavy atom. The summed E-state index contributed by atoms with van der Waals surface area (Å²) in [5.41, 5.74) is 1.72. The van der Waals surface area contributed by atoms with Crippen molar-refractivity contribution in [3.8, 4) is 11.1 Å². The van der Waals surface area contributed by atoms with Crippen LogP contribution >= 0.6 is 0 Å². The van der Waals surface area contributed by atoms with Crippen molar-refractivity contribution in [3.63, 3.8) is 0 Å². The summed E-state index contributed by atoms with van der Waals surface area (Å²) in [6.45, 7) is 0. The molecule has 0 amide bonds. The molecule has 0 unspecified atom stereocenters. The van der Waals surface area contributed by atoms with Crippen LogP contribution in [-0.4, -0.2) is 25.6 Å². The molecule has 0 aliphatic heterocycles. The van der Waals surface area contributed by atoms with Crippen molar-refractivity contribution in [2.24, 2.45) is 0 Å². The van der Waals surface area contributed by atoms with E-state index in [0.29, 0.717) is 16.7 Å². The number of aromatic carboxylic acids is 1. The number of rotatable bonds is 5. The quantitative estimate of drug-likeness (QED) is 0.409. The summed E-state index contributed by atoms with van der Waals surface area (Å²) in [6, 6.07) is 14.9. The van der Waals surface area contributed by atoms with Crippen molar-refractivity contribution in [2.45, 2.75) is 31.0 Å². The molecule has 1 atom stereocenters. The molecule has 1 aliphatic carbocycles. The van der Waals surface area contributed by atoms with E-state index in [4.69, 9.17) is 0 Å². The maximum atomic E-state index is 13.5. The van der Waals surface area contributed by atoms with Gasteiger partial charge in [0, 0.05) is 12.1 Å². The van der Waals surface area contributed by atoms with Gasteiger partial charge in [-0.3, -0.25) is 0 Å². The molecule has 168 valence electrons. The molecule has 2 aromatic carbocycles. The van der Waals surface area contributed by atoms with Crippen LogP contribution in [0.5, 0.6) is 0 Å². The largest absolute Gasteiger partial charge is 0.478 e. The number of aliphatic hydroxyl groups is 1. The number of nitrogens with zero attached hydrogens (tertiary/aromatic N) is 2. The Kier molecular flexibility index (Phi) is 4.97. The van der Waals surface area contributed by atoms with Gasteiger partial charge in [-0.15, -0.1) is 0 Å². The number of aromatic nitrogens is 2. The third-order valence-corrected chi connectivity index (χ3v) is 5.92. The molecular weight excluding hydrogens is 433 g/mol. The van der Waals surface area contributed by atoms with Crippen LogP contribution in [0.25, 0.3) is 16.8 Å². The third-order valence-electron chi connectivity index (χ3n) is 5.92. The maximum Gasteiger partial charge on any atom is 0.416 e. The fraction of sp³-hybridized carbons (Fsp3) is 0.200. The van der Waals surface area contributed by atoms with Gasteiger partial charge in [0.2, 0.25) is 0 Å². The zero-order valence-electron chi connectivity index (χ0n) is 17.3. The summed E-state index contributed by atoms with van der Waals surface area (Å²) in [6.07, 6.45) is -2.31. The summed E-state index contributed by atoms with van der Waals surface area (Å²) in [7, 11) is 0. The molecule has 0 saturated heterocycles. The summed E-state index contributed by atoms with van der Waals surface area (Å²) in [5, 5.41) is 20.5. The Balaban J connectivity index is 1.56. The van der Waals surface area contributed by atoms with Gasteiger partial charge in [0.25, 0.3) is 0 Å². The van der Waals surface area contributed by atoms with E-state index in [0.717, 1.165) is 30.7 Å². The maximum absolute atomic E-state index is 13.5. The molecule has 5 nitrogen and oxygen atoms in total. The fourth-order valence-corrected chi connectivity index (χ4v) is 4.02. The zero-order valence-corrected chi connectivity index (χ0v) is 17.3. The van der Waals surface area contributed by atoms with Gasteiger partial charge in [0.15, 0.2) is 0 Å². The lowest BCUT2D eigenvalue weighted by Gasteiger charge is -2.17. The number of hydrogen-bond acceptors (Lipinski definition) is 3. The highest BCUT2D eigenvalue weighted by molar-refractivity contribution is 5.96. The number of hydrogen-bond donors (Lipinski definition) is 2. The van der Waals surface area contributed by atoms with E-state index in [1.54, 1.807) is 48.7 Å². The highest BCUT2D eigenvalue weighted by Crippen LogP contribution is 2.41. The third kappa shape index (κ3) is 3.98. The van der Waals surface area contributed by atoms with Crippen molar-refractivity contribution in [3.05, 3.63) is 94.9 Å². The zero-order chi connectivity index (χ0) is 23.3. The van der Waals surface area contributed by atoms with Crippen LogP contribution in [-0.2, 0) is 6.18 Å². The first kappa shape index (κ1) is 21.2. The lowest BCUT2D eigenvalue weighted by molar-refractivity contribution is -0.137. The lowest BCUT2D eigenvalue weighted by Crippen LogP contribution is -2.11. The van der Waals surface area contributed by atoms with Gasteiger partial charge < -0.3 is 14.6 Å². The second-order valence-electron chi connectivity index (χ2n) is 8.21. The Bertz CT molecular complexity index is 1360. The van der Waals surface area contributed by atoms with Crippen LogP contribution in [0.4, 0.5) is 13.2 Å². The van der Waals surface area contributed by atoms with Crippen LogP contribution < -0.4 is 0 Å². The van der Waals surface area contributed by atoms with E-state index in [-0.39, 0.29) is 22.8 Å². The van der Waals surface area contributed by atoms with Crippen LogP contribution in [0.1, 0.15) is 57.7 Å². The number of carbonyl (C=O) groups is 1. The van der Waals surface area contributed by atoms with Gasteiger partial charge in [0.1, 0.15) is 11.8 Å². The monoisotopic (exact) mass is 452 g/mol. The predicted molar refractivity (Wildman–Crippen MR) is 115 cm³/mol. The number of fused-ring (bicyclic) bond motifs is 1. The predicted octanol–water partition coefficient (Wildman–Crippen LogP) is 5.68. The molecule has 0 spiro atoms. The first-order chi connectivity index (χ1) is 15.7. The Morgan fingerprint density at radius 1 is 1.06 bits per heavy atom. The Hall–Kier alpha value is -3.65. The molecule has 0 bridgehead atoms. The number of benzene rings is 2. The second-order valence-corrected chi connectivity index (χ2v) is 8.21. The topological polar surface area (TPSA) is 74.8 Å². The van der Waals surface area contributed by atoms with E-state index in [9.17, 15) is 28.2 Å². The average Bonchev–Trinajstić information content (AvgIpc) is 3.56. The highest BCUT2D eigenvalue weighted by atomic mass is 19.4. The van der Waals surface area contributed by atoms with Gasteiger partial charge >= 0.3 is 12.1 Å². The Labute approximate surface area is 186 Å². The van der Waals surface area contributed by atoms with Gasteiger partial charge in [-0.25, -0.2) is 9.78 Å². The van der Waals surface area contributed by atoms with E-state index >= 15 is 0 Å². The van der Waals surface area contributed by atoms with E-state index in [1.807, 2.05) is 0 Å². The molecule has 5 rings (SSSR count). The second kappa shape index (κ2) is 7.74. The van der Waals surface area contributed by atoms with E-state index < -0.39 is 23.8 Å². The minimum atomic E-state index is -4.58. The van der Waals surface area contributed by atoms with Crippen LogP contribution in [0.2, 0.25) is 0 Å². The van der Waals surface area contributed by atoms with Gasteiger partial charge in [-0.05, 0) is 47.7 Å².